The molecule has 3 rings (SSSR count). The summed E-state index contributed by atoms with van der Waals surface area (Å²) in [5.74, 6) is -0.233. The van der Waals surface area contributed by atoms with Gasteiger partial charge in [0.15, 0.2) is 5.84 Å². The zero-order valence-corrected chi connectivity index (χ0v) is 14.4. The van der Waals surface area contributed by atoms with Crippen LogP contribution in [0.25, 0.3) is 11.1 Å². The lowest BCUT2D eigenvalue weighted by atomic mass is 10.0. The minimum atomic E-state index is -0.546. The molecule has 1 fully saturated rings. The van der Waals surface area contributed by atoms with Gasteiger partial charge in [0.2, 0.25) is 0 Å². The maximum atomic E-state index is 12.9. The van der Waals surface area contributed by atoms with E-state index in [1.165, 1.54) is 12.0 Å². The summed E-state index contributed by atoms with van der Waals surface area (Å²) in [5.41, 5.74) is 9.05. The molecule has 0 bridgehead atoms. The first-order valence-corrected chi connectivity index (χ1v) is 8.16. The Balaban J connectivity index is 1.84. The second kappa shape index (κ2) is 7.69. The Bertz CT molecular complexity index is 832. The molecule has 1 saturated heterocycles. The zero-order chi connectivity index (χ0) is 18.5. The van der Waals surface area contributed by atoms with Crippen molar-refractivity contribution in [2.75, 3.05) is 13.7 Å². The molecular weight excluding hydrogens is 332 g/mol. The van der Waals surface area contributed by atoms with Crippen LogP contribution in [0.15, 0.2) is 64.9 Å². The fraction of sp³-hybridized carbons (Fsp3) is 0.211. The highest BCUT2D eigenvalue weighted by Gasteiger charge is 2.36. The largest absolute Gasteiger partial charge is 0.409 e. The highest BCUT2D eigenvalue weighted by Crippen LogP contribution is 2.23. The van der Waals surface area contributed by atoms with Crippen molar-refractivity contribution >= 4 is 17.5 Å². The lowest BCUT2D eigenvalue weighted by Gasteiger charge is -2.23. The number of benzene rings is 2. The number of rotatable bonds is 4. The Labute approximate surface area is 151 Å². The Morgan fingerprint density at radius 1 is 1.15 bits per heavy atom. The van der Waals surface area contributed by atoms with Gasteiger partial charge in [0.1, 0.15) is 7.11 Å². The van der Waals surface area contributed by atoms with Crippen LogP contribution in [-0.2, 0) is 4.84 Å². The number of carbonyl (C=O) groups is 1. The first-order valence-electron chi connectivity index (χ1n) is 8.16. The van der Waals surface area contributed by atoms with Gasteiger partial charge < -0.3 is 20.7 Å². The van der Waals surface area contributed by atoms with Crippen LogP contribution in [0.2, 0.25) is 0 Å². The molecule has 0 aromatic heterocycles. The third-order valence-electron chi connectivity index (χ3n) is 4.34. The lowest BCUT2D eigenvalue weighted by molar-refractivity contribution is 0.0772. The molecule has 7 nitrogen and oxygen atoms in total. The number of nitrogens with zero attached hydrogens (tertiary/aromatic N) is 3. The molecule has 2 aromatic carbocycles. The Hall–Kier alpha value is -3.35. The number of oxime groups is 2. The normalized spacial score (nSPS) is 19.0. The van der Waals surface area contributed by atoms with Gasteiger partial charge in [-0.3, -0.25) is 4.79 Å². The third-order valence-corrected chi connectivity index (χ3v) is 4.34. The van der Waals surface area contributed by atoms with E-state index in [4.69, 9.17) is 15.8 Å². The van der Waals surface area contributed by atoms with Crippen molar-refractivity contribution in [3.8, 4) is 11.1 Å². The molecule has 1 atom stereocenters. The maximum absolute atomic E-state index is 12.9. The van der Waals surface area contributed by atoms with Crippen LogP contribution < -0.4 is 5.73 Å². The van der Waals surface area contributed by atoms with Crippen LogP contribution in [0.3, 0.4) is 0 Å². The number of carbonyl (C=O) groups excluding carboxylic acids is 1. The molecule has 2 aromatic rings. The van der Waals surface area contributed by atoms with E-state index >= 15 is 0 Å². The molecule has 1 amide bonds. The summed E-state index contributed by atoms with van der Waals surface area (Å²) in [6, 6.07) is 16.7. The summed E-state index contributed by atoms with van der Waals surface area (Å²) < 4.78 is 0. The quantitative estimate of drug-likeness (QED) is 0.382. The maximum Gasteiger partial charge on any atom is 0.254 e. The summed E-state index contributed by atoms with van der Waals surface area (Å²) in [6.07, 6.45) is 0.373. The second-order valence-corrected chi connectivity index (χ2v) is 5.96. The summed E-state index contributed by atoms with van der Waals surface area (Å²) >= 11 is 0. The van der Waals surface area contributed by atoms with Gasteiger partial charge in [-0.2, -0.15) is 0 Å². The second-order valence-electron chi connectivity index (χ2n) is 5.96. The summed E-state index contributed by atoms with van der Waals surface area (Å²) in [6.45, 7) is 0.272. The fourth-order valence-electron chi connectivity index (χ4n) is 3.05. The first kappa shape index (κ1) is 17.5. The number of amidine groups is 1. The van der Waals surface area contributed by atoms with E-state index in [9.17, 15) is 4.79 Å². The van der Waals surface area contributed by atoms with Crippen LogP contribution in [-0.4, -0.2) is 47.3 Å². The van der Waals surface area contributed by atoms with Crippen molar-refractivity contribution in [3.05, 3.63) is 60.2 Å². The average Bonchev–Trinajstić information content (AvgIpc) is 3.12. The van der Waals surface area contributed by atoms with Crippen molar-refractivity contribution in [2.45, 2.75) is 12.5 Å². The molecule has 7 heteroatoms. The molecule has 3 N–H and O–H groups in total. The van der Waals surface area contributed by atoms with E-state index < -0.39 is 6.04 Å². The van der Waals surface area contributed by atoms with Gasteiger partial charge in [-0.25, -0.2) is 0 Å². The zero-order valence-electron chi connectivity index (χ0n) is 14.4. The van der Waals surface area contributed by atoms with E-state index in [0.717, 1.165) is 11.1 Å². The smallest absolute Gasteiger partial charge is 0.254 e. The van der Waals surface area contributed by atoms with Crippen molar-refractivity contribution in [1.82, 2.24) is 4.90 Å². The number of likely N-dealkylation sites (tertiary alicyclic amines) is 1. The molecule has 0 spiro atoms. The van der Waals surface area contributed by atoms with Crippen LogP contribution in [0.1, 0.15) is 16.8 Å². The Kier molecular flexibility index (Phi) is 5.17. The molecule has 1 aliphatic heterocycles. The van der Waals surface area contributed by atoms with Crippen LogP contribution in [0, 0.1) is 0 Å². The highest BCUT2D eigenvalue weighted by atomic mass is 16.6. The predicted octanol–water partition coefficient (Wildman–Crippen LogP) is 2.32. The van der Waals surface area contributed by atoms with Gasteiger partial charge in [-0.15, -0.1) is 0 Å². The molecule has 1 heterocycles. The minimum Gasteiger partial charge on any atom is -0.409 e. The van der Waals surface area contributed by atoms with Gasteiger partial charge in [-0.05, 0) is 23.3 Å². The van der Waals surface area contributed by atoms with E-state index in [2.05, 4.69) is 10.3 Å². The van der Waals surface area contributed by atoms with Crippen molar-refractivity contribution in [2.24, 2.45) is 16.0 Å². The van der Waals surface area contributed by atoms with Crippen LogP contribution >= 0.6 is 0 Å². The molecule has 0 saturated carbocycles. The van der Waals surface area contributed by atoms with Gasteiger partial charge >= 0.3 is 0 Å². The predicted molar refractivity (Wildman–Crippen MR) is 99.2 cm³/mol. The van der Waals surface area contributed by atoms with Crippen LogP contribution in [0.5, 0.6) is 0 Å². The number of nitrogens with two attached hydrogens (primary N) is 1. The van der Waals surface area contributed by atoms with Gasteiger partial charge in [0, 0.05) is 12.0 Å². The first-order chi connectivity index (χ1) is 12.6. The van der Waals surface area contributed by atoms with Gasteiger partial charge in [-0.1, -0.05) is 52.8 Å². The van der Waals surface area contributed by atoms with Gasteiger partial charge in [0.25, 0.3) is 5.91 Å². The van der Waals surface area contributed by atoms with Crippen molar-refractivity contribution < 1.29 is 14.8 Å². The molecule has 134 valence electrons. The standard InChI is InChI=1S/C19H20N4O3/c1-26-22-16-11-17(18(20)21-25)23(12-16)19(24)15-9-7-14(8-10-15)13-5-3-2-4-6-13/h2-10,17,25H,11-12H2,1H3,(H2,20,21)/b22-16+/t17-/m0/s1. The summed E-state index contributed by atoms with van der Waals surface area (Å²) in [5, 5.41) is 15.9. The number of amides is 1. The average molecular weight is 352 g/mol. The minimum absolute atomic E-state index is 0.0273. The number of hydrogen-bond acceptors (Lipinski definition) is 5. The van der Waals surface area contributed by atoms with Gasteiger partial charge in [0.05, 0.1) is 18.3 Å². The lowest BCUT2D eigenvalue weighted by Crippen LogP contribution is -2.43. The number of hydrogen-bond donors (Lipinski definition) is 2. The molecule has 0 radical (unpaired) electrons. The van der Waals surface area contributed by atoms with Crippen molar-refractivity contribution in [3.63, 3.8) is 0 Å². The molecule has 26 heavy (non-hydrogen) atoms. The van der Waals surface area contributed by atoms with E-state index in [1.54, 1.807) is 12.1 Å². The van der Waals surface area contributed by atoms with E-state index in [1.807, 2.05) is 42.5 Å². The van der Waals surface area contributed by atoms with Crippen LogP contribution in [0.4, 0.5) is 0 Å². The third kappa shape index (κ3) is 3.51. The topological polar surface area (TPSA) is 101 Å². The summed E-state index contributed by atoms with van der Waals surface area (Å²) in [4.78, 5) is 19.2. The Morgan fingerprint density at radius 2 is 1.81 bits per heavy atom. The summed E-state index contributed by atoms with van der Waals surface area (Å²) in [7, 11) is 1.44. The highest BCUT2D eigenvalue weighted by molar-refractivity contribution is 6.06. The van der Waals surface area contributed by atoms with Crippen molar-refractivity contribution in [1.29, 1.82) is 0 Å². The Morgan fingerprint density at radius 3 is 2.42 bits per heavy atom. The van der Waals surface area contributed by atoms with E-state index in [-0.39, 0.29) is 18.3 Å². The molecule has 0 aliphatic carbocycles. The molecule has 1 aliphatic rings. The monoisotopic (exact) mass is 352 g/mol. The fourth-order valence-corrected chi connectivity index (χ4v) is 3.05. The molecular formula is C19H20N4O3. The SMILES string of the molecule is CO/N=C1\C[C@@H](/C(N)=N/O)N(C(=O)c2ccc(-c3ccccc3)cc2)C1. The molecule has 0 unspecified atom stereocenters. The van der Waals surface area contributed by atoms with E-state index in [0.29, 0.717) is 17.7 Å².